The van der Waals surface area contributed by atoms with Gasteiger partial charge in [-0.05, 0) is 16.3 Å². The zero-order valence-corrected chi connectivity index (χ0v) is 10.6. The molecule has 0 saturated heterocycles. The number of hydrogen-bond acceptors (Lipinski definition) is 1. The van der Waals surface area contributed by atoms with E-state index in [0.717, 1.165) is 11.4 Å². The van der Waals surface area contributed by atoms with Crippen molar-refractivity contribution in [3.05, 3.63) is 66.2 Å². The number of benzene rings is 2. The number of nitrogens with zero attached hydrogens (tertiary/aromatic N) is 1. The topological polar surface area (TPSA) is 28.7 Å². The summed E-state index contributed by atoms with van der Waals surface area (Å²) < 4.78 is 0. The Labute approximate surface area is 111 Å². The van der Waals surface area contributed by atoms with Crippen LogP contribution in [-0.2, 0) is 6.42 Å². The Morgan fingerprint density at radius 3 is 2.78 bits per heavy atom. The Bertz CT molecular complexity index is 641. The Hall–Kier alpha value is -1.80. The first-order chi connectivity index (χ1) is 8.84. The highest BCUT2D eigenvalue weighted by Gasteiger charge is 2.12. The third-order valence-electron chi connectivity index (χ3n) is 3.09. The molecule has 0 bridgehead atoms. The minimum absolute atomic E-state index is 0.0674. The molecule has 0 amide bonds. The van der Waals surface area contributed by atoms with E-state index in [2.05, 4.69) is 40.3 Å². The fraction of sp³-hybridized carbons (Fsp3) is 0.133. The summed E-state index contributed by atoms with van der Waals surface area (Å²) in [4.78, 5) is 7.31. The minimum Gasteiger partial charge on any atom is -0.349 e. The molecule has 90 valence electrons. The number of aromatic amines is 1. The summed E-state index contributed by atoms with van der Waals surface area (Å²) in [6, 6.07) is 14.6. The maximum Gasteiger partial charge on any atom is 0.107 e. The third-order valence-corrected chi connectivity index (χ3v) is 3.48. The summed E-state index contributed by atoms with van der Waals surface area (Å²) in [6.07, 6.45) is 4.28. The van der Waals surface area contributed by atoms with E-state index in [1.165, 1.54) is 10.8 Å². The number of fused-ring (bicyclic) bond motifs is 1. The summed E-state index contributed by atoms with van der Waals surface area (Å²) in [6.45, 7) is 0. The van der Waals surface area contributed by atoms with E-state index < -0.39 is 0 Å². The second kappa shape index (κ2) is 4.83. The van der Waals surface area contributed by atoms with E-state index in [1.807, 2.05) is 18.3 Å². The van der Waals surface area contributed by atoms with Gasteiger partial charge in [-0.1, -0.05) is 42.5 Å². The number of nitrogens with one attached hydrogen (secondary N) is 1. The number of alkyl halides is 1. The zero-order valence-electron chi connectivity index (χ0n) is 9.81. The van der Waals surface area contributed by atoms with Crippen LogP contribution in [-0.4, -0.2) is 9.97 Å². The Balaban J connectivity index is 1.98. The second-order valence-corrected chi connectivity index (χ2v) is 4.80. The number of hydrogen-bond donors (Lipinski definition) is 1. The summed E-state index contributed by atoms with van der Waals surface area (Å²) in [5, 5.41) is 2.37. The number of aromatic nitrogens is 2. The largest absolute Gasteiger partial charge is 0.349 e. The van der Waals surface area contributed by atoms with Crippen molar-refractivity contribution in [3.63, 3.8) is 0 Å². The Morgan fingerprint density at radius 1 is 1.11 bits per heavy atom. The lowest BCUT2D eigenvalue weighted by atomic mass is 10.0. The van der Waals surface area contributed by atoms with Crippen molar-refractivity contribution in [2.24, 2.45) is 0 Å². The van der Waals surface area contributed by atoms with Gasteiger partial charge in [0.05, 0.1) is 5.38 Å². The van der Waals surface area contributed by atoms with Crippen molar-refractivity contribution in [1.29, 1.82) is 0 Å². The summed E-state index contributed by atoms with van der Waals surface area (Å²) in [5.74, 6) is 0.919. The highest BCUT2D eigenvalue weighted by Crippen LogP contribution is 2.30. The lowest BCUT2D eigenvalue weighted by Gasteiger charge is -2.11. The predicted octanol–water partition coefficient (Wildman–Crippen LogP) is 4.09. The smallest absolute Gasteiger partial charge is 0.107 e. The van der Waals surface area contributed by atoms with Crippen LogP contribution in [0.5, 0.6) is 0 Å². The Morgan fingerprint density at radius 2 is 1.94 bits per heavy atom. The molecular weight excluding hydrogens is 244 g/mol. The van der Waals surface area contributed by atoms with Crippen LogP contribution >= 0.6 is 11.6 Å². The Kier molecular flexibility index (Phi) is 3.03. The quantitative estimate of drug-likeness (QED) is 0.703. The van der Waals surface area contributed by atoms with E-state index in [4.69, 9.17) is 11.6 Å². The van der Waals surface area contributed by atoms with Gasteiger partial charge in [0.15, 0.2) is 0 Å². The maximum absolute atomic E-state index is 6.52. The molecule has 0 fully saturated rings. The molecular formula is C15H13ClN2. The summed E-state index contributed by atoms with van der Waals surface area (Å²) in [7, 11) is 0. The van der Waals surface area contributed by atoms with Crippen LogP contribution in [0.2, 0.25) is 0 Å². The van der Waals surface area contributed by atoms with Crippen molar-refractivity contribution < 1.29 is 0 Å². The van der Waals surface area contributed by atoms with Crippen LogP contribution in [0.15, 0.2) is 54.9 Å². The van der Waals surface area contributed by atoms with Gasteiger partial charge in [-0.3, -0.25) is 0 Å². The lowest BCUT2D eigenvalue weighted by molar-refractivity contribution is 0.861. The zero-order chi connectivity index (χ0) is 12.4. The van der Waals surface area contributed by atoms with Crippen molar-refractivity contribution in [1.82, 2.24) is 9.97 Å². The first-order valence-corrected chi connectivity index (χ1v) is 6.38. The molecule has 0 radical (unpaired) electrons. The number of H-pyrrole nitrogens is 1. The molecule has 0 aliphatic carbocycles. The molecule has 3 heteroatoms. The van der Waals surface area contributed by atoms with E-state index in [0.29, 0.717) is 6.42 Å². The molecule has 3 rings (SSSR count). The first-order valence-electron chi connectivity index (χ1n) is 5.94. The van der Waals surface area contributed by atoms with Crippen LogP contribution in [0, 0.1) is 0 Å². The van der Waals surface area contributed by atoms with Crippen molar-refractivity contribution in [2.45, 2.75) is 11.8 Å². The van der Waals surface area contributed by atoms with Crippen LogP contribution in [0.3, 0.4) is 0 Å². The molecule has 1 atom stereocenters. The average Bonchev–Trinajstić information content (AvgIpc) is 2.91. The highest BCUT2D eigenvalue weighted by molar-refractivity contribution is 6.21. The minimum atomic E-state index is -0.0674. The van der Waals surface area contributed by atoms with Gasteiger partial charge in [-0.2, -0.15) is 0 Å². The monoisotopic (exact) mass is 256 g/mol. The van der Waals surface area contributed by atoms with Crippen LogP contribution in [0.1, 0.15) is 16.8 Å². The molecule has 2 aromatic carbocycles. The standard InChI is InChI=1S/C15H13ClN2/c16-14(10-15-17-8-9-18-15)13-7-3-5-11-4-1-2-6-12(11)13/h1-9,14H,10H2,(H,17,18). The van der Waals surface area contributed by atoms with E-state index in [9.17, 15) is 0 Å². The average molecular weight is 257 g/mol. The van der Waals surface area contributed by atoms with Gasteiger partial charge in [0, 0.05) is 18.8 Å². The first kappa shape index (κ1) is 11.3. The number of rotatable bonds is 3. The fourth-order valence-electron chi connectivity index (χ4n) is 2.21. The van der Waals surface area contributed by atoms with Crippen LogP contribution < -0.4 is 0 Å². The molecule has 0 aliphatic heterocycles. The van der Waals surface area contributed by atoms with Crippen LogP contribution in [0.4, 0.5) is 0 Å². The number of halogens is 1. The maximum atomic E-state index is 6.52. The molecule has 0 saturated carbocycles. The highest BCUT2D eigenvalue weighted by atomic mass is 35.5. The molecule has 2 nitrogen and oxygen atoms in total. The van der Waals surface area contributed by atoms with Crippen molar-refractivity contribution in [2.75, 3.05) is 0 Å². The van der Waals surface area contributed by atoms with Gasteiger partial charge in [0.25, 0.3) is 0 Å². The molecule has 0 spiro atoms. The third kappa shape index (κ3) is 2.12. The van der Waals surface area contributed by atoms with Gasteiger partial charge in [-0.15, -0.1) is 11.6 Å². The number of imidazole rings is 1. The van der Waals surface area contributed by atoms with E-state index in [1.54, 1.807) is 6.20 Å². The summed E-state index contributed by atoms with van der Waals surface area (Å²) >= 11 is 6.52. The van der Waals surface area contributed by atoms with E-state index >= 15 is 0 Å². The molecule has 1 N–H and O–H groups in total. The van der Waals surface area contributed by atoms with Gasteiger partial charge >= 0.3 is 0 Å². The molecule has 1 aromatic heterocycles. The fourth-order valence-corrected chi connectivity index (χ4v) is 2.55. The summed E-state index contributed by atoms with van der Waals surface area (Å²) in [5.41, 5.74) is 1.16. The van der Waals surface area contributed by atoms with E-state index in [-0.39, 0.29) is 5.38 Å². The molecule has 18 heavy (non-hydrogen) atoms. The van der Waals surface area contributed by atoms with Gasteiger partial charge in [0.1, 0.15) is 5.82 Å². The molecule has 1 unspecified atom stereocenters. The molecule has 3 aromatic rings. The molecule has 0 aliphatic rings. The van der Waals surface area contributed by atoms with Crippen molar-refractivity contribution in [3.8, 4) is 0 Å². The van der Waals surface area contributed by atoms with Gasteiger partial charge < -0.3 is 4.98 Å². The van der Waals surface area contributed by atoms with Gasteiger partial charge in [-0.25, -0.2) is 4.98 Å². The SMILES string of the molecule is ClC(Cc1ncc[nH]1)c1cccc2ccccc12. The van der Waals surface area contributed by atoms with Crippen molar-refractivity contribution >= 4 is 22.4 Å². The molecule has 1 heterocycles. The second-order valence-electron chi connectivity index (χ2n) is 4.28. The lowest BCUT2D eigenvalue weighted by Crippen LogP contribution is -1.98. The van der Waals surface area contributed by atoms with Gasteiger partial charge in [0.2, 0.25) is 0 Å². The normalized spacial score (nSPS) is 12.7. The predicted molar refractivity (Wildman–Crippen MR) is 74.8 cm³/mol. The van der Waals surface area contributed by atoms with Crippen LogP contribution in [0.25, 0.3) is 10.8 Å².